The van der Waals surface area contributed by atoms with Gasteiger partial charge in [-0.1, -0.05) is 39.0 Å². The summed E-state index contributed by atoms with van der Waals surface area (Å²) >= 11 is 0. The predicted molar refractivity (Wildman–Crippen MR) is 98.8 cm³/mol. The number of anilines is 1. The van der Waals surface area contributed by atoms with Gasteiger partial charge in [-0.25, -0.2) is 0 Å². The van der Waals surface area contributed by atoms with E-state index in [0.717, 1.165) is 5.56 Å². The Morgan fingerprint density at radius 3 is 2.20 bits per heavy atom. The zero-order chi connectivity index (χ0) is 18.6. The van der Waals surface area contributed by atoms with E-state index in [0.29, 0.717) is 17.0 Å². The van der Waals surface area contributed by atoms with E-state index >= 15 is 0 Å². The van der Waals surface area contributed by atoms with Gasteiger partial charge in [0.15, 0.2) is 6.10 Å². The van der Waals surface area contributed by atoms with Crippen molar-refractivity contribution < 1.29 is 14.3 Å². The first-order valence-corrected chi connectivity index (χ1v) is 8.15. The largest absolute Gasteiger partial charge is 0.481 e. The maximum Gasteiger partial charge on any atom is 0.265 e. The number of carbonyl (C=O) groups is 2. The van der Waals surface area contributed by atoms with Gasteiger partial charge in [0.25, 0.3) is 5.91 Å². The third-order valence-electron chi connectivity index (χ3n) is 3.80. The summed E-state index contributed by atoms with van der Waals surface area (Å²) in [6, 6.07) is 14.1. The fourth-order valence-electron chi connectivity index (χ4n) is 2.39. The minimum Gasteiger partial charge on any atom is -0.481 e. The molecule has 1 unspecified atom stereocenters. The number of benzene rings is 2. The fourth-order valence-corrected chi connectivity index (χ4v) is 2.39. The third-order valence-corrected chi connectivity index (χ3v) is 3.80. The Kier molecular flexibility index (Phi) is 5.47. The fraction of sp³-hybridized carbons (Fsp3) is 0.300. The summed E-state index contributed by atoms with van der Waals surface area (Å²) in [7, 11) is 0. The molecule has 1 atom stereocenters. The van der Waals surface area contributed by atoms with Gasteiger partial charge in [0.1, 0.15) is 5.75 Å². The van der Waals surface area contributed by atoms with Crippen LogP contribution in [0.2, 0.25) is 0 Å². The highest BCUT2D eigenvalue weighted by molar-refractivity contribution is 5.96. The normalized spacial score (nSPS) is 12.3. The van der Waals surface area contributed by atoms with Crippen molar-refractivity contribution in [2.45, 2.75) is 39.2 Å². The minimum atomic E-state index is -0.667. The van der Waals surface area contributed by atoms with Gasteiger partial charge in [-0.15, -0.1) is 0 Å². The summed E-state index contributed by atoms with van der Waals surface area (Å²) in [5.74, 6) is -0.0781. The number of hydrogen-bond acceptors (Lipinski definition) is 3. The smallest absolute Gasteiger partial charge is 0.265 e. The molecule has 132 valence electrons. The van der Waals surface area contributed by atoms with Crippen LogP contribution in [0.4, 0.5) is 5.69 Å². The Labute approximate surface area is 148 Å². The number of carbonyl (C=O) groups excluding carboxylic acids is 2. The average Bonchev–Trinajstić information content (AvgIpc) is 2.54. The molecular formula is C20H24N2O3. The maximum absolute atomic E-state index is 12.4. The van der Waals surface area contributed by atoms with Crippen molar-refractivity contribution in [3.8, 4) is 5.75 Å². The lowest BCUT2D eigenvalue weighted by molar-refractivity contribution is -0.122. The van der Waals surface area contributed by atoms with Gasteiger partial charge in [0, 0.05) is 11.3 Å². The number of ether oxygens (including phenoxy) is 1. The summed E-state index contributed by atoms with van der Waals surface area (Å²) < 4.78 is 5.88. The van der Waals surface area contributed by atoms with E-state index in [4.69, 9.17) is 10.5 Å². The van der Waals surface area contributed by atoms with Gasteiger partial charge in [0.2, 0.25) is 5.91 Å². The molecule has 5 nitrogen and oxygen atoms in total. The highest BCUT2D eigenvalue weighted by Crippen LogP contribution is 2.31. The van der Waals surface area contributed by atoms with Crippen molar-refractivity contribution in [1.29, 1.82) is 0 Å². The maximum atomic E-state index is 12.4. The number of para-hydroxylation sites is 1. The molecule has 0 saturated heterocycles. The molecule has 0 aliphatic heterocycles. The average molecular weight is 340 g/mol. The van der Waals surface area contributed by atoms with Crippen LogP contribution in [-0.2, 0) is 10.2 Å². The highest BCUT2D eigenvalue weighted by Gasteiger charge is 2.22. The summed E-state index contributed by atoms with van der Waals surface area (Å²) in [5.41, 5.74) is 7.13. The monoisotopic (exact) mass is 340 g/mol. The van der Waals surface area contributed by atoms with Crippen LogP contribution in [0.5, 0.6) is 5.75 Å². The van der Waals surface area contributed by atoms with E-state index in [1.54, 1.807) is 31.2 Å². The van der Waals surface area contributed by atoms with E-state index in [1.807, 2.05) is 24.3 Å². The van der Waals surface area contributed by atoms with E-state index < -0.39 is 12.0 Å². The molecule has 0 saturated carbocycles. The van der Waals surface area contributed by atoms with Crippen LogP contribution >= 0.6 is 0 Å². The lowest BCUT2D eigenvalue weighted by Crippen LogP contribution is -2.31. The van der Waals surface area contributed by atoms with Gasteiger partial charge in [0.05, 0.1) is 0 Å². The summed E-state index contributed by atoms with van der Waals surface area (Å²) in [4.78, 5) is 23.4. The molecule has 0 bridgehead atoms. The van der Waals surface area contributed by atoms with Crippen LogP contribution in [0.15, 0.2) is 48.5 Å². The minimum absolute atomic E-state index is 0.0859. The molecule has 0 spiro atoms. The van der Waals surface area contributed by atoms with Gasteiger partial charge in [-0.3, -0.25) is 9.59 Å². The summed E-state index contributed by atoms with van der Waals surface area (Å²) in [5, 5.41) is 2.77. The first kappa shape index (κ1) is 18.5. The number of primary amides is 1. The molecule has 5 heteroatoms. The molecule has 0 heterocycles. The zero-order valence-electron chi connectivity index (χ0n) is 15.0. The quantitative estimate of drug-likeness (QED) is 0.874. The molecule has 2 rings (SSSR count). The van der Waals surface area contributed by atoms with Crippen molar-refractivity contribution in [2.75, 3.05) is 5.32 Å². The molecule has 2 amide bonds. The molecule has 0 aromatic heterocycles. The van der Waals surface area contributed by atoms with E-state index in [1.165, 1.54) is 0 Å². The number of nitrogens with one attached hydrogen (secondary N) is 1. The molecule has 2 aromatic rings. The molecule has 0 fully saturated rings. The lowest BCUT2D eigenvalue weighted by atomic mass is 9.86. The van der Waals surface area contributed by atoms with Crippen LogP contribution in [0.1, 0.15) is 43.6 Å². The molecule has 0 aliphatic rings. The second-order valence-corrected chi connectivity index (χ2v) is 6.94. The highest BCUT2D eigenvalue weighted by atomic mass is 16.5. The van der Waals surface area contributed by atoms with Crippen LogP contribution in [-0.4, -0.2) is 17.9 Å². The van der Waals surface area contributed by atoms with Gasteiger partial charge < -0.3 is 15.8 Å². The van der Waals surface area contributed by atoms with Crippen LogP contribution in [0.3, 0.4) is 0 Å². The zero-order valence-corrected chi connectivity index (χ0v) is 15.0. The number of rotatable bonds is 5. The second-order valence-electron chi connectivity index (χ2n) is 6.94. The SMILES string of the molecule is CC(Oc1ccccc1C(C)(C)C)C(=O)Nc1ccc(C(N)=O)cc1. The third kappa shape index (κ3) is 4.83. The molecule has 0 radical (unpaired) electrons. The van der Waals surface area contributed by atoms with E-state index in [2.05, 4.69) is 26.1 Å². The van der Waals surface area contributed by atoms with Gasteiger partial charge in [-0.2, -0.15) is 0 Å². The second kappa shape index (κ2) is 7.38. The van der Waals surface area contributed by atoms with E-state index in [9.17, 15) is 9.59 Å². The van der Waals surface area contributed by atoms with Gasteiger partial charge >= 0.3 is 0 Å². The standard InChI is InChI=1S/C20H24N2O3/c1-13(25-17-8-6-5-7-16(17)20(2,3)4)19(24)22-15-11-9-14(10-12-15)18(21)23/h5-13H,1-4H3,(H2,21,23)(H,22,24). The Balaban J connectivity index is 2.07. The van der Waals surface area contributed by atoms with Crippen molar-refractivity contribution in [3.63, 3.8) is 0 Å². The van der Waals surface area contributed by atoms with Crippen molar-refractivity contribution in [3.05, 3.63) is 59.7 Å². The Morgan fingerprint density at radius 1 is 1.04 bits per heavy atom. The lowest BCUT2D eigenvalue weighted by Gasteiger charge is -2.24. The molecule has 3 N–H and O–H groups in total. The van der Waals surface area contributed by atoms with Gasteiger partial charge in [-0.05, 0) is 48.2 Å². The number of hydrogen-bond donors (Lipinski definition) is 2. The Bertz CT molecular complexity index is 761. The molecular weight excluding hydrogens is 316 g/mol. The Hall–Kier alpha value is -2.82. The number of amides is 2. The number of nitrogens with two attached hydrogens (primary N) is 1. The molecule has 0 aliphatic carbocycles. The predicted octanol–water partition coefficient (Wildman–Crippen LogP) is 3.49. The van der Waals surface area contributed by atoms with E-state index in [-0.39, 0.29) is 11.3 Å². The summed E-state index contributed by atoms with van der Waals surface area (Å²) in [6.45, 7) is 7.99. The topological polar surface area (TPSA) is 81.4 Å². The van der Waals surface area contributed by atoms with Crippen LogP contribution < -0.4 is 15.8 Å². The first-order valence-electron chi connectivity index (χ1n) is 8.15. The summed E-state index contributed by atoms with van der Waals surface area (Å²) in [6.07, 6.45) is -0.667. The van der Waals surface area contributed by atoms with Crippen LogP contribution in [0.25, 0.3) is 0 Å². The first-order chi connectivity index (χ1) is 11.7. The molecule has 25 heavy (non-hydrogen) atoms. The molecule has 2 aromatic carbocycles. The van der Waals surface area contributed by atoms with Crippen LogP contribution in [0, 0.1) is 0 Å². The van der Waals surface area contributed by atoms with Crippen molar-refractivity contribution >= 4 is 17.5 Å². The van der Waals surface area contributed by atoms with Crippen molar-refractivity contribution in [1.82, 2.24) is 0 Å². The van der Waals surface area contributed by atoms with Crippen molar-refractivity contribution in [2.24, 2.45) is 5.73 Å². The Morgan fingerprint density at radius 2 is 1.64 bits per heavy atom.